The first-order valence-electron chi connectivity index (χ1n) is 10.8. The van der Waals surface area contributed by atoms with Crippen LogP contribution in [0.4, 0.5) is 0 Å². The van der Waals surface area contributed by atoms with E-state index in [0.29, 0.717) is 6.54 Å². The first kappa shape index (κ1) is 24.4. The van der Waals surface area contributed by atoms with Crippen molar-refractivity contribution in [2.75, 3.05) is 52.6 Å². The molecule has 0 aromatic heterocycles. The third-order valence-corrected chi connectivity index (χ3v) is 5.11. The zero-order valence-corrected chi connectivity index (χ0v) is 20.0. The van der Waals surface area contributed by atoms with Crippen LogP contribution >= 0.6 is 24.0 Å². The third-order valence-electron chi connectivity index (χ3n) is 5.11. The minimum atomic E-state index is 0. The van der Waals surface area contributed by atoms with Crippen LogP contribution in [0.25, 0.3) is 0 Å². The first-order valence-corrected chi connectivity index (χ1v) is 10.8. The molecule has 0 amide bonds. The second kappa shape index (κ2) is 14.2. The average molecular weight is 516 g/mol. The first-order chi connectivity index (χ1) is 13.8. The van der Waals surface area contributed by atoms with Gasteiger partial charge in [0.15, 0.2) is 5.96 Å². The van der Waals surface area contributed by atoms with Crippen molar-refractivity contribution < 1.29 is 9.47 Å². The zero-order valence-electron chi connectivity index (χ0n) is 17.7. The van der Waals surface area contributed by atoms with E-state index >= 15 is 0 Å². The molecule has 29 heavy (non-hydrogen) atoms. The molecule has 1 aliphatic heterocycles. The Kier molecular flexibility index (Phi) is 11.9. The van der Waals surface area contributed by atoms with Gasteiger partial charge in [0.25, 0.3) is 0 Å². The summed E-state index contributed by atoms with van der Waals surface area (Å²) in [6, 6.07) is 8.82. The van der Waals surface area contributed by atoms with Crippen molar-refractivity contribution in [2.45, 2.75) is 39.3 Å². The quantitative estimate of drug-likeness (QED) is 0.205. The van der Waals surface area contributed by atoms with E-state index in [2.05, 4.69) is 46.7 Å². The summed E-state index contributed by atoms with van der Waals surface area (Å²) >= 11 is 0. The van der Waals surface area contributed by atoms with Crippen LogP contribution in [0.2, 0.25) is 0 Å². The SMILES string of the molecule is CCNC(=NCc1ccc(CN2CCOCC2)cc1)NCCCOCC1CC1.I. The molecule has 7 heteroatoms. The summed E-state index contributed by atoms with van der Waals surface area (Å²) in [5.41, 5.74) is 2.58. The molecule has 1 saturated heterocycles. The number of nitrogens with zero attached hydrogens (tertiary/aromatic N) is 2. The number of hydrogen-bond acceptors (Lipinski definition) is 4. The van der Waals surface area contributed by atoms with Crippen LogP contribution < -0.4 is 10.6 Å². The summed E-state index contributed by atoms with van der Waals surface area (Å²) in [4.78, 5) is 7.15. The van der Waals surface area contributed by atoms with Crippen LogP contribution in [0.15, 0.2) is 29.3 Å². The molecular formula is C22H37IN4O2. The van der Waals surface area contributed by atoms with E-state index in [9.17, 15) is 0 Å². The van der Waals surface area contributed by atoms with Gasteiger partial charge in [-0.25, -0.2) is 4.99 Å². The predicted molar refractivity (Wildman–Crippen MR) is 129 cm³/mol. The molecule has 0 atom stereocenters. The highest BCUT2D eigenvalue weighted by Crippen LogP contribution is 2.28. The second-order valence-corrected chi connectivity index (χ2v) is 7.70. The predicted octanol–water partition coefficient (Wildman–Crippen LogP) is 3.01. The van der Waals surface area contributed by atoms with Gasteiger partial charge in [-0.1, -0.05) is 24.3 Å². The highest BCUT2D eigenvalue weighted by molar-refractivity contribution is 14.0. The molecule has 164 valence electrons. The lowest BCUT2D eigenvalue weighted by atomic mass is 10.1. The minimum absolute atomic E-state index is 0. The Hall–Kier alpha value is -0.900. The van der Waals surface area contributed by atoms with Gasteiger partial charge in [0.2, 0.25) is 0 Å². The van der Waals surface area contributed by atoms with Crippen molar-refractivity contribution in [3.63, 3.8) is 0 Å². The number of halogens is 1. The monoisotopic (exact) mass is 516 g/mol. The third kappa shape index (κ3) is 10.1. The van der Waals surface area contributed by atoms with Gasteiger partial charge in [0.05, 0.1) is 19.8 Å². The zero-order chi connectivity index (χ0) is 19.4. The van der Waals surface area contributed by atoms with Gasteiger partial charge < -0.3 is 20.1 Å². The van der Waals surface area contributed by atoms with E-state index in [1.54, 1.807) is 0 Å². The van der Waals surface area contributed by atoms with Crippen molar-refractivity contribution in [1.29, 1.82) is 0 Å². The minimum Gasteiger partial charge on any atom is -0.381 e. The van der Waals surface area contributed by atoms with Crippen molar-refractivity contribution in [3.05, 3.63) is 35.4 Å². The van der Waals surface area contributed by atoms with Gasteiger partial charge in [-0.15, -0.1) is 24.0 Å². The van der Waals surface area contributed by atoms with Crippen LogP contribution in [0, 0.1) is 5.92 Å². The van der Waals surface area contributed by atoms with E-state index in [-0.39, 0.29) is 24.0 Å². The Balaban J connectivity index is 0.00000300. The van der Waals surface area contributed by atoms with Crippen LogP contribution in [-0.2, 0) is 22.6 Å². The highest BCUT2D eigenvalue weighted by atomic mass is 127. The Morgan fingerprint density at radius 2 is 1.86 bits per heavy atom. The number of hydrogen-bond donors (Lipinski definition) is 2. The summed E-state index contributed by atoms with van der Waals surface area (Å²) in [6.45, 7) is 11.0. The molecule has 2 N–H and O–H groups in total. The fraction of sp³-hybridized carbons (Fsp3) is 0.682. The molecule has 1 aromatic rings. The Bertz CT molecular complexity index is 587. The van der Waals surface area contributed by atoms with Gasteiger partial charge in [-0.3, -0.25) is 4.90 Å². The maximum atomic E-state index is 5.68. The Labute approximate surface area is 192 Å². The van der Waals surface area contributed by atoms with E-state index < -0.39 is 0 Å². The molecule has 1 heterocycles. The number of rotatable bonds is 11. The van der Waals surface area contributed by atoms with Gasteiger partial charge in [-0.2, -0.15) is 0 Å². The number of nitrogens with one attached hydrogen (secondary N) is 2. The maximum Gasteiger partial charge on any atom is 0.191 e. The van der Waals surface area contributed by atoms with Crippen molar-refractivity contribution >= 4 is 29.9 Å². The summed E-state index contributed by atoms with van der Waals surface area (Å²) in [6.07, 6.45) is 3.71. The van der Waals surface area contributed by atoms with Crippen LogP contribution in [-0.4, -0.2) is 63.5 Å². The largest absolute Gasteiger partial charge is 0.381 e. The standard InChI is InChI=1S/C22H36N4O2.HI/c1-2-23-22(24-10-3-13-28-18-21-8-9-21)25-16-19-4-6-20(7-5-19)17-26-11-14-27-15-12-26;/h4-7,21H,2-3,8-18H2,1H3,(H2,23,24,25);1H. The maximum absolute atomic E-state index is 5.68. The lowest BCUT2D eigenvalue weighted by Crippen LogP contribution is -2.38. The molecule has 2 fully saturated rings. The second-order valence-electron chi connectivity index (χ2n) is 7.70. The smallest absolute Gasteiger partial charge is 0.191 e. The summed E-state index contributed by atoms with van der Waals surface area (Å²) in [5.74, 6) is 1.72. The number of aliphatic imine (C=N–C) groups is 1. The van der Waals surface area contributed by atoms with E-state index in [1.807, 2.05) is 0 Å². The molecule has 3 rings (SSSR count). The Morgan fingerprint density at radius 3 is 2.55 bits per heavy atom. The van der Waals surface area contributed by atoms with Crippen molar-refractivity contribution in [3.8, 4) is 0 Å². The normalized spacial score (nSPS) is 17.6. The molecule has 2 aliphatic rings. The van der Waals surface area contributed by atoms with Crippen molar-refractivity contribution in [2.24, 2.45) is 10.9 Å². The molecule has 1 aliphatic carbocycles. The number of morpholine rings is 1. The molecule has 0 radical (unpaired) electrons. The highest BCUT2D eigenvalue weighted by Gasteiger charge is 2.20. The van der Waals surface area contributed by atoms with Gasteiger partial charge >= 0.3 is 0 Å². The topological polar surface area (TPSA) is 58.1 Å². The van der Waals surface area contributed by atoms with Crippen molar-refractivity contribution in [1.82, 2.24) is 15.5 Å². The molecule has 0 spiro atoms. The Morgan fingerprint density at radius 1 is 1.14 bits per heavy atom. The molecule has 6 nitrogen and oxygen atoms in total. The van der Waals surface area contributed by atoms with E-state index in [1.165, 1.54) is 24.0 Å². The fourth-order valence-electron chi connectivity index (χ4n) is 3.20. The van der Waals surface area contributed by atoms with Gasteiger partial charge in [0, 0.05) is 45.9 Å². The van der Waals surface area contributed by atoms with E-state index in [0.717, 1.165) is 77.4 Å². The van der Waals surface area contributed by atoms with E-state index in [4.69, 9.17) is 14.5 Å². The fourth-order valence-corrected chi connectivity index (χ4v) is 3.20. The van der Waals surface area contributed by atoms with Crippen LogP contribution in [0.3, 0.4) is 0 Å². The number of ether oxygens (including phenoxy) is 2. The molecule has 1 aromatic carbocycles. The van der Waals surface area contributed by atoms with Gasteiger partial charge in [0.1, 0.15) is 0 Å². The molecular weight excluding hydrogens is 479 g/mol. The summed E-state index contributed by atoms with van der Waals surface area (Å²) in [7, 11) is 0. The van der Waals surface area contributed by atoms with Crippen LogP contribution in [0.1, 0.15) is 37.3 Å². The molecule has 0 bridgehead atoms. The lowest BCUT2D eigenvalue weighted by Gasteiger charge is -2.26. The van der Waals surface area contributed by atoms with Crippen LogP contribution in [0.5, 0.6) is 0 Å². The number of benzene rings is 1. The summed E-state index contributed by atoms with van der Waals surface area (Å²) in [5, 5.41) is 6.72. The average Bonchev–Trinajstić information content (AvgIpc) is 3.55. The summed E-state index contributed by atoms with van der Waals surface area (Å²) < 4.78 is 11.1. The molecule has 1 saturated carbocycles. The van der Waals surface area contributed by atoms with Gasteiger partial charge in [-0.05, 0) is 43.2 Å². The lowest BCUT2D eigenvalue weighted by molar-refractivity contribution is 0.0342. The number of guanidine groups is 1. The molecule has 0 unspecified atom stereocenters.